The first-order valence-corrected chi connectivity index (χ1v) is 13.9. The van der Waals surface area contributed by atoms with Gasteiger partial charge >= 0.3 is 5.69 Å². The predicted octanol–water partition coefficient (Wildman–Crippen LogP) is 5.77. The van der Waals surface area contributed by atoms with Crippen molar-refractivity contribution in [3.63, 3.8) is 0 Å². The molecule has 216 valence electrons. The van der Waals surface area contributed by atoms with Crippen LogP contribution >= 0.6 is 11.6 Å². The number of carbonyl (C=O) groups is 1. The highest BCUT2D eigenvalue weighted by atomic mass is 35.5. The summed E-state index contributed by atoms with van der Waals surface area (Å²) in [6.07, 6.45) is 2.81. The standard InChI is InChI=1S/C30H27ClF2N6O3/c1-6-24(40)37-12-16(5)38(13-15(37)4)28-18-9-19(31)26-17-10-20(32)21(33)11-23(17)42-22-7-8-34-25(14(2)3)27(22)39(29(18)35-26)30(41)36-28/h6-11,14-16H,1,12-13H2,2-5H3. The Kier molecular flexibility index (Phi) is 6.72. The van der Waals surface area contributed by atoms with Gasteiger partial charge in [0.2, 0.25) is 5.91 Å². The minimum absolute atomic E-state index is 0.0238. The zero-order valence-corrected chi connectivity index (χ0v) is 24.1. The van der Waals surface area contributed by atoms with E-state index in [4.69, 9.17) is 21.0 Å². The summed E-state index contributed by atoms with van der Waals surface area (Å²) in [6, 6.07) is 4.66. The average molecular weight is 593 g/mol. The molecule has 1 aliphatic rings. The Morgan fingerprint density at radius 3 is 2.55 bits per heavy atom. The fourth-order valence-corrected chi connectivity index (χ4v) is 5.91. The van der Waals surface area contributed by atoms with Crippen molar-refractivity contribution in [3.8, 4) is 0 Å². The smallest absolute Gasteiger partial charge is 0.356 e. The van der Waals surface area contributed by atoms with Gasteiger partial charge in [-0.15, -0.1) is 0 Å². The van der Waals surface area contributed by atoms with Crippen LogP contribution in [0.25, 0.3) is 38.6 Å². The summed E-state index contributed by atoms with van der Waals surface area (Å²) in [5, 5.41) is 0.704. The van der Waals surface area contributed by atoms with Crippen LogP contribution in [0, 0.1) is 11.6 Å². The minimum Gasteiger partial charge on any atom is -0.454 e. The van der Waals surface area contributed by atoms with Gasteiger partial charge in [0.25, 0.3) is 0 Å². The third-order valence-corrected chi connectivity index (χ3v) is 7.99. The molecular weight excluding hydrogens is 566 g/mol. The van der Waals surface area contributed by atoms with Crippen molar-refractivity contribution >= 4 is 61.9 Å². The van der Waals surface area contributed by atoms with Crippen LogP contribution in [0.3, 0.4) is 0 Å². The number of piperazine rings is 1. The van der Waals surface area contributed by atoms with Crippen molar-refractivity contribution < 1.29 is 18.0 Å². The molecule has 5 aromatic rings. The molecule has 5 heterocycles. The minimum atomic E-state index is -1.11. The number of halogens is 3. The number of hydrogen-bond acceptors (Lipinski definition) is 7. The van der Waals surface area contributed by atoms with Crippen LogP contribution in [-0.4, -0.2) is 55.3 Å². The van der Waals surface area contributed by atoms with Crippen LogP contribution in [0.1, 0.15) is 39.3 Å². The Labute approximate surface area is 243 Å². The first kappa shape index (κ1) is 27.8. The van der Waals surface area contributed by atoms with E-state index in [0.717, 1.165) is 12.1 Å². The predicted molar refractivity (Wildman–Crippen MR) is 158 cm³/mol. The third kappa shape index (κ3) is 4.30. The highest BCUT2D eigenvalue weighted by Gasteiger charge is 2.33. The van der Waals surface area contributed by atoms with Gasteiger partial charge < -0.3 is 14.2 Å². The molecule has 0 N–H and O–H groups in total. The largest absolute Gasteiger partial charge is 0.454 e. The maximum absolute atomic E-state index is 14.6. The van der Waals surface area contributed by atoms with Crippen LogP contribution in [0.5, 0.6) is 0 Å². The lowest BCUT2D eigenvalue weighted by molar-refractivity contribution is -0.128. The summed E-state index contributed by atoms with van der Waals surface area (Å²) in [5.41, 5.74) is 0.646. The third-order valence-electron chi connectivity index (χ3n) is 7.70. The molecule has 1 fully saturated rings. The van der Waals surface area contributed by atoms with E-state index in [0.29, 0.717) is 35.5 Å². The molecular formula is C30H27ClF2N6O3. The normalized spacial score (nSPS) is 17.6. The van der Waals surface area contributed by atoms with Gasteiger partial charge in [-0.2, -0.15) is 4.98 Å². The molecule has 2 bridgehead atoms. The lowest BCUT2D eigenvalue weighted by Crippen LogP contribution is -2.58. The van der Waals surface area contributed by atoms with Gasteiger partial charge in [0.05, 0.1) is 21.6 Å². The van der Waals surface area contributed by atoms with Gasteiger partial charge in [-0.25, -0.2) is 23.0 Å². The van der Waals surface area contributed by atoms with Crippen molar-refractivity contribution in [1.29, 1.82) is 0 Å². The Hall–Kier alpha value is -4.38. The van der Waals surface area contributed by atoms with Crippen molar-refractivity contribution in [3.05, 3.63) is 76.0 Å². The van der Waals surface area contributed by atoms with E-state index < -0.39 is 17.3 Å². The first-order valence-electron chi connectivity index (χ1n) is 13.5. The van der Waals surface area contributed by atoms with E-state index in [1.54, 1.807) is 17.0 Å². The molecule has 1 aliphatic heterocycles. The Morgan fingerprint density at radius 2 is 1.83 bits per heavy atom. The Balaban J connectivity index is 1.79. The maximum Gasteiger partial charge on any atom is 0.356 e. The lowest BCUT2D eigenvalue weighted by atomic mass is 10.1. The quantitative estimate of drug-likeness (QED) is 0.246. The molecule has 1 saturated heterocycles. The second kappa shape index (κ2) is 10.2. The highest BCUT2D eigenvalue weighted by Crippen LogP contribution is 2.35. The summed E-state index contributed by atoms with van der Waals surface area (Å²) >= 11 is 6.78. The molecule has 42 heavy (non-hydrogen) atoms. The highest BCUT2D eigenvalue weighted by molar-refractivity contribution is 6.36. The summed E-state index contributed by atoms with van der Waals surface area (Å²) in [7, 11) is 0. The monoisotopic (exact) mass is 592 g/mol. The van der Waals surface area contributed by atoms with Crippen LogP contribution in [0.4, 0.5) is 14.6 Å². The molecule has 2 atom stereocenters. The molecule has 0 aliphatic carbocycles. The fraction of sp³-hybridized carbons (Fsp3) is 0.300. The summed E-state index contributed by atoms with van der Waals surface area (Å²) < 4.78 is 36.5. The molecule has 0 radical (unpaired) electrons. The van der Waals surface area contributed by atoms with Crippen molar-refractivity contribution in [2.24, 2.45) is 0 Å². The molecule has 0 spiro atoms. The van der Waals surface area contributed by atoms with Crippen molar-refractivity contribution in [2.75, 3.05) is 18.0 Å². The zero-order valence-electron chi connectivity index (χ0n) is 23.4. The summed E-state index contributed by atoms with van der Waals surface area (Å²) in [5.74, 6) is -2.20. The fourth-order valence-electron chi connectivity index (χ4n) is 5.66. The van der Waals surface area contributed by atoms with Crippen LogP contribution in [-0.2, 0) is 4.79 Å². The topological polar surface area (TPSA) is 96.8 Å². The van der Waals surface area contributed by atoms with Gasteiger partial charge in [0, 0.05) is 48.9 Å². The first-order chi connectivity index (χ1) is 20.0. The average Bonchev–Trinajstić information content (AvgIpc) is 3.00. The van der Waals surface area contributed by atoms with E-state index in [9.17, 15) is 18.4 Å². The number of rotatable bonds is 3. The zero-order chi connectivity index (χ0) is 30.0. The number of carbonyl (C=O) groups excluding carboxylic acids is 1. The summed E-state index contributed by atoms with van der Waals surface area (Å²) in [4.78, 5) is 44.0. The van der Waals surface area contributed by atoms with Gasteiger partial charge in [-0.1, -0.05) is 32.0 Å². The van der Waals surface area contributed by atoms with Crippen LogP contribution < -0.4 is 10.6 Å². The van der Waals surface area contributed by atoms with E-state index in [1.165, 1.54) is 16.7 Å². The van der Waals surface area contributed by atoms with E-state index in [2.05, 4.69) is 16.5 Å². The molecule has 12 heteroatoms. The van der Waals surface area contributed by atoms with Crippen molar-refractivity contribution in [1.82, 2.24) is 24.3 Å². The van der Waals surface area contributed by atoms with Gasteiger partial charge in [-0.05, 0) is 38.0 Å². The molecule has 1 aromatic carbocycles. The number of amides is 1. The number of nitrogens with zero attached hydrogens (tertiary/aromatic N) is 6. The lowest BCUT2D eigenvalue weighted by Gasteiger charge is -2.44. The molecule has 9 nitrogen and oxygen atoms in total. The van der Waals surface area contributed by atoms with Gasteiger partial charge in [-0.3, -0.25) is 9.78 Å². The van der Waals surface area contributed by atoms with Crippen LogP contribution in [0.2, 0.25) is 5.02 Å². The van der Waals surface area contributed by atoms with Crippen LogP contribution in [0.15, 0.2) is 52.3 Å². The summed E-state index contributed by atoms with van der Waals surface area (Å²) in [6.45, 7) is 12.0. The molecule has 0 saturated carbocycles. The van der Waals surface area contributed by atoms with E-state index in [-0.39, 0.29) is 56.6 Å². The van der Waals surface area contributed by atoms with E-state index in [1.807, 2.05) is 32.6 Å². The maximum atomic E-state index is 14.6. The number of aromatic nitrogens is 4. The van der Waals surface area contributed by atoms with Gasteiger partial charge in [0.1, 0.15) is 16.9 Å². The number of fused-ring (bicyclic) bond motifs is 5. The Bertz CT molecular complexity index is 2040. The van der Waals surface area contributed by atoms with Gasteiger partial charge in [0.15, 0.2) is 22.9 Å². The number of hydrogen-bond donors (Lipinski definition) is 0. The number of pyridine rings is 2. The second-order valence-corrected chi connectivity index (χ2v) is 11.3. The number of benzene rings is 1. The SMILES string of the molecule is C=CC(=O)N1CC(C)N(c2nc(=O)n3c4nc(c(Cl)cc24)c2cc(F)c(F)cc2oc2ccnc(C(C)C)c23)CC1C. The van der Waals surface area contributed by atoms with E-state index >= 15 is 0 Å². The molecule has 2 unspecified atom stereocenters. The Morgan fingerprint density at radius 1 is 1.10 bits per heavy atom. The molecule has 6 rings (SSSR count). The second-order valence-electron chi connectivity index (χ2n) is 10.9. The molecule has 4 aromatic heterocycles. The molecule has 1 amide bonds. The van der Waals surface area contributed by atoms with Crippen molar-refractivity contribution in [2.45, 2.75) is 45.7 Å². The number of anilines is 1.